The second-order valence-corrected chi connectivity index (χ2v) is 7.72. The van der Waals surface area contributed by atoms with Crippen LogP contribution in [0.2, 0.25) is 0 Å². The average molecular weight is 518 g/mol. The maximum absolute atomic E-state index is 5.83. The Morgan fingerprint density at radius 2 is 1.97 bits per heavy atom. The van der Waals surface area contributed by atoms with Crippen LogP contribution < -0.4 is 15.5 Å². The highest BCUT2D eigenvalue weighted by atomic mass is 127. The number of nitrogens with one attached hydrogen (secondary N) is 2. The number of aromatic nitrogens is 1. The second kappa shape index (κ2) is 14.8. The summed E-state index contributed by atoms with van der Waals surface area (Å²) in [5.74, 6) is 2.46. The van der Waals surface area contributed by atoms with Crippen molar-refractivity contribution in [3.63, 3.8) is 0 Å². The summed E-state index contributed by atoms with van der Waals surface area (Å²) >= 11 is 0. The Morgan fingerprint density at radius 1 is 1.21 bits per heavy atom. The van der Waals surface area contributed by atoms with Gasteiger partial charge in [0, 0.05) is 39.0 Å². The lowest BCUT2D eigenvalue weighted by Crippen LogP contribution is -2.39. The van der Waals surface area contributed by atoms with Crippen molar-refractivity contribution < 1.29 is 4.74 Å². The zero-order chi connectivity index (χ0) is 20.2. The van der Waals surface area contributed by atoms with E-state index >= 15 is 0 Å². The van der Waals surface area contributed by atoms with Gasteiger partial charge in [-0.2, -0.15) is 0 Å². The summed E-state index contributed by atoms with van der Waals surface area (Å²) in [6.45, 7) is 13.9. The summed E-state index contributed by atoms with van der Waals surface area (Å²) in [5, 5.41) is 6.78. The van der Waals surface area contributed by atoms with Crippen molar-refractivity contribution in [3.05, 3.63) is 23.9 Å². The van der Waals surface area contributed by atoms with Crippen molar-refractivity contribution in [2.24, 2.45) is 10.9 Å². The summed E-state index contributed by atoms with van der Waals surface area (Å²) in [6, 6.07) is 4.24. The lowest BCUT2D eigenvalue weighted by Gasteiger charge is -2.27. The quantitative estimate of drug-likeness (QED) is 0.277. The summed E-state index contributed by atoms with van der Waals surface area (Å²) in [6.07, 6.45) is 7.02. The third-order valence-corrected chi connectivity index (χ3v) is 5.10. The molecule has 1 aromatic heterocycles. The number of ether oxygens (including phenoxy) is 1. The number of aliphatic imine (C=N–C) groups is 1. The highest BCUT2D eigenvalue weighted by Crippen LogP contribution is 2.18. The predicted octanol–water partition coefficient (Wildman–Crippen LogP) is 4.20. The largest absolute Gasteiger partial charge is 0.378 e. The van der Waals surface area contributed by atoms with Gasteiger partial charge in [0.05, 0.1) is 12.6 Å². The normalized spacial score (nSPS) is 15.8. The van der Waals surface area contributed by atoms with Crippen LogP contribution in [-0.2, 0) is 11.3 Å². The van der Waals surface area contributed by atoms with Crippen LogP contribution in [0.25, 0.3) is 0 Å². The van der Waals surface area contributed by atoms with E-state index in [0.29, 0.717) is 12.5 Å². The predicted molar refractivity (Wildman–Crippen MR) is 133 cm³/mol. The van der Waals surface area contributed by atoms with E-state index in [9.17, 15) is 0 Å². The summed E-state index contributed by atoms with van der Waals surface area (Å²) in [4.78, 5) is 11.7. The van der Waals surface area contributed by atoms with Crippen molar-refractivity contribution in [1.82, 2.24) is 15.6 Å². The third kappa shape index (κ3) is 9.51. The van der Waals surface area contributed by atoms with Gasteiger partial charge in [0.2, 0.25) is 0 Å². The Labute approximate surface area is 194 Å². The molecule has 2 rings (SSSR count). The van der Waals surface area contributed by atoms with Crippen LogP contribution in [-0.4, -0.2) is 49.8 Å². The molecule has 1 aliphatic heterocycles. The molecule has 0 aliphatic carbocycles. The lowest BCUT2D eigenvalue weighted by atomic mass is 10.0. The first-order valence-electron chi connectivity index (χ1n) is 11.0. The van der Waals surface area contributed by atoms with Crippen LogP contribution in [0.5, 0.6) is 0 Å². The molecule has 7 heteroatoms. The highest BCUT2D eigenvalue weighted by molar-refractivity contribution is 14.0. The fourth-order valence-corrected chi connectivity index (χ4v) is 3.52. The maximum Gasteiger partial charge on any atom is 0.191 e. The molecule has 1 atom stereocenters. The van der Waals surface area contributed by atoms with Crippen LogP contribution in [0, 0.1) is 5.92 Å². The van der Waals surface area contributed by atoms with Crippen LogP contribution in [0.4, 0.5) is 5.82 Å². The molecule has 2 heterocycles. The number of pyridine rings is 1. The van der Waals surface area contributed by atoms with E-state index in [0.717, 1.165) is 51.0 Å². The van der Waals surface area contributed by atoms with Crippen molar-refractivity contribution in [1.29, 1.82) is 0 Å². The molecular weight excluding hydrogens is 477 g/mol. The Kier molecular flexibility index (Phi) is 13.3. The monoisotopic (exact) mass is 517 g/mol. The number of guanidine groups is 1. The van der Waals surface area contributed by atoms with E-state index in [1.807, 2.05) is 6.20 Å². The third-order valence-electron chi connectivity index (χ3n) is 5.10. The molecule has 1 fully saturated rings. The number of hydrogen-bond donors (Lipinski definition) is 2. The van der Waals surface area contributed by atoms with Gasteiger partial charge in [-0.1, -0.05) is 13.8 Å². The molecule has 0 bridgehead atoms. The van der Waals surface area contributed by atoms with E-state index in [4.69, 9.17) is 9.73 Å². The van der Waals surface area contributed by atoms with Crippen LogP contribution >= 0.6 is 24.0 Å². The first-order chi connectivity index (χ1) is 13.6. The summed E-state index contributed by atoms with van der Waals surface area (Å²) < 4.78 is 5.83. The van der Waals surface area contributed by atoms with Crippen LogP contribution in [0.15, 0.2) is 23.3 Å². The Bertz CT molecular complexity index is 590. The van der Waals surface area contributed by atoms with Crippen molar-refractivity contribution in [2.45, 2.75) is 66.0 Å². The Morgan fingerprint density at radius 3 is 2.62 bits per heavy atom. The van der Waals surface area contributed by atoms with Gasteiger partial charge in [-0.25, -0.2) is 9.98 Å². The molecule has 2 N–H and O–H groups in total. The van der Waals surface area contributed by atoms with E-state index < -0.39 is 0 Å². The highest BCUT2D eigenvalue weighted by Gasteiger charge is 2.14. The molecule has 0 amide bonds. The summed E-state index contributed by atoms with van der Waals surface area (Å²) in [5.41, 5.74) is 1.20. The number of rotatable bonds is 10. The zero-order valence-corrected chi connectivity index (χ0v) is 20.9. The topological polar surface area (TPSA) is 61.8 Å². The molecule has 1 unspecified atom stereocenters. The van der Waals surface area contributed by atoms with Gasteiger partial charge < -0.3 is 20.3 Å². The van der Waals surface area contributed by atoms with Crippen molar-refractivity contribution in [3.8, 4) is 0 Å². The average Bonchev–Trinajstić information content (AvgIpc) is 2.72. The molecule has 1 saturated heterocycles. The zero-order valence-electron chi connectivity index (χ0n) is 18.6. The van der Waals surface area contributed by atoms with Gasteiger partial charge in [0.1, 0.15) is 5.82 Å². The second-order valence-electron chi connectivity index (χ2n) is 7.72. The number of anilines is 1. The van der Waals surface area contributed by atoms with E-state index in [2.05, 4.69) is 60.3 Å². The maximum atomic E-state index is 5.83. The molecule has 0 radical (unpaired) electrons. The molecule has 29 heavy (non-hydrogen) atoms. The first kappa shape index (κ1) is 25.9. The fraction of sp³-hybridized carbons (Fsp3) is 0.727. The number of hydrogen-bond acceptors (Lipinski definition) is 4. The Hall–Kier alpha value is -1.09. The van der Waals surface area contributed by atoms with Crippen LogP contribution in [0.1, 0.15) is 58.9 Å². The van der Waals surface area contributed by atoms with E-state index in [1.165, 1.54) is 24.8 Å². The van der Waals surface area contributed by atoms with Gasteiger partial charge in [-0.05, 0) is 63.1 Å². The minimum Gasteiger partial charge on any atom is -0.378 e. The molecule has 1 aliphatic rings. The molecule has 1 aromatic rings. The van der Waals surface area contributed by atoms with E-state index in [-0.39, 0.29) is 30.1 Å². The van der Waals surface area contributed by atoms with Gasteiger partial charge in [0.15, 0.2) is 5.96 Å². The van der Waals surface area contributed by atoms with Gasteiger partial charge in [-0.15, -0.1) is 24.0 Å². The van der Waals surface area contributed by atoms with Gasteiger partial charge in [0.25, 0.3) is 0 Å². The number of piperidine rings is 1. The minimum atomic E-state index is 0. The molecule has 6 nitrogen and oxygen atoms in total. The Balaban J connectivity index is 0.00000420. The smallest absolute Gasteiger partial charge is 0.191 e. The van der Waals surface area contributed by atoms with Gasteiger partial charge >= 0.3 is 0 Å². The summed E-state index contributed by atoms with van der Waals surface area (Å²) in [7, 11) is 0. The van der Waals surface area contributed by atoms with Crippen LogP contribution in [0.3, 0.4) is 0 Å². The fourth-order valence-electron chi connectivity index (χ4n) is 3.52. The van der Waals surface area contributed by atoms with Crippen molar-refractivity contribution >= 4 is 35.8 Å². The first-order valence-corrected chi connectivity index (χ1v) is 11.0. The number of nitrogens with zero attached hydrogens (tertiary/aromatic N) is 3. The molecular formula is C22H40IN5O. The lowest BCUT2D eigenvalue weighted by molar-refractivity contribution is 0.0258. The minimum absolute atomic E-state index is 0. The molecule has 166 valence electrons. The van der Waals surface area contributed by atoms with Gasteiger partial charge in [-0.3, -0.25) is 0 Å². The standard InChI is InChI=1S/C22H39N5O.HI/c1-5-23-22(25-13-11-20(18(3)4)28-6-2)26-17-19-10-12-24-21(16-19)27-14-8-7-9-15-27;/h10,12,16,18,20H,5-9,11,13-15,17H2,1-4H3,(H2,23,25,26);1H. The molecule has 0 saturated carbocycles. The number of halogens is 1. The van der Waals surface area contributed by atoms with Crippen molar-refractivity contribution in [2.75, 3.05) is 37.7 Å². The molecule has 0 aromatic carbocycles. The van der Waals surface area contributed by atoms with E-state index in [1.54, 1.807) is 0 Å². The SMILES string of the molecule is CCNC(=NCc1ccnc(N2CCCCC2)c1)NCCC(OCC)C(C)C.I. The molecule has 0 spiro atoms.